The lowest BCUT2D eigenvalue weighted by Crippen LogP contribution is -2.50. The summed E-state index contributed by atoms with van der Waals surface area (Å²) >= 11 is 1.63. The molecule has 0 spiro atoms. The lowest BCUT2D eigenvalue weighted by molar-refractivity contribution is 0.0240. The van der Waals surface area contributed by atoms with Gasteiger partial charge in [0.1, 0.15) is 11.4 Å². The zero-order valence-corrected chi connectivity index (χ0v) is 17.7. The van der Waals surface area contributed by atoms with Crippen LogP contribution in [0.4, 0.5) is 14.9 Å². The molecule has 0 aromatic heterocycles. The van der Waals surface area contributed by atoms with Crippen molar-refractivity contribution in [2.75, 3.05) is 31.1 Å². The van der Waals surface area contributed by atoms with Crippen molar-refractivity contribution in [3.63, 3.8) is 0 Å². The van der Waals surface area contributed by atoms with E-state index in [-0.39, 0.29) is 11.9 Å². The highest BCUT2D eigenvalue weighted by Crippen LogP contribution is 2.36. The first-order valence-electron chi connectivity index (χ1n) is 9.48. The molecule has 1 saturated heterocycles. The van der Waals surface area contributed by atoms with Crippen molar-refractivity contribution in [3.05, 3.63) is 53.8 Å². The minimum atomic E-state index is -0.482. The number of carbonyl (C=O) groups excluding carboxylic acids is 1. The summed E-state index contributed by atoms with van der Waals surface area (Å²) in [5, 5.41) is 0. The first kappa shape index (κ1) is 20.5. The third kappa shape index (κ3) is 5.41. The predicted octanol–water partition coefficient (Wildman–Crippen LogP) is 5.34. The summed E-state index contributed by atoms with van der Waals surface area (Å²) in [4.78, 5) is 18.5. The summed E-state index contributed by atoms with van der Waals surface area (Å²) in [5.74, 6) is -0.230. The molecule has 2 aromatic rings. The Morgan fingerprint density at radius 1 is 1.04 bits per heavy atom. The number of nitrogens with zero attached hydrogens (tertiary/aromatic N) is 2. The molecule has 1 aliphatic rings. The van der Waals surface area contributed by atoms with Gasteiger partial charge >= 0.3 is 6.09 Å². The van der Waals surface area contributed by atoms with E-state index in [9.17, 15) is 9.18 Å². The molecule has 0 radical (unpaired) electrons. The second-order valence-corrected chi connectivity index (χ2v) is 9.10. The van der Waals surface area contributed by atoms with Gasteiger partial charge in [0.05, 0.1) is 5.69 Å². The molecule has 2 aromatic carbocycles. The summed E-state index contributed by atoms with van der Waals surface area (Å²) in [5.41, 5.74) is 1.86. The molecule has 0 aliphatic carbocycles. The molecule has 1 heterocycles. The van der Waals surface area contributed by atoms with E-state index in [1.807, 2.05) is 20.8 Å². The minimum Gasteiger partial charge on any atom is -0.444 e. The summed E-state index contributed by atoms with van der Waals surface area (Å²) in [6.07, 6.45) is -0.252. The van der Waals surface area contributed by atoms with Gasteiger partial charge in [-0.1, -0.05) is 17.8 Å². The van der Waals surface area contributed by atoms with Crippen LogP contribution in [0.1, 0.15) is 26.3 Å². The third-order valence-corrected chi connectivity index (χ3v) is 5.50. The molecule has 0 N–H and O–H groups in total. The Kier molecular flexibility index (Phi) is 6.18. The number of carbonyl (C=O) groups is 1. The predicted molar refractivity (Wildman–Crippen MR) is 112 cm³/mol. The van der Waals surface area contributed by atoms with Gasteiger partial charge in [-0.2, -0.15) is 0 Å². The van der Waals surface area contributed by atoms with Gasteiger partial charge in [-0.15, -0.1) is 0 Å². The SMILES string of the molecule is Cc1ccc(Sc2ccc(F)cc2)c(N2CCN(C(=O)OC(C)(C)C)CC2)c1. The fourth-order valence-corrected chi connectivity index (χ4v) is 4.00. The number of benzene rings is 2. The lowest BCUT2D eigenvalue weighted by atomic mass is 10.2. The number of hydrogen-bond acceptors (Lipinski definition) is 4. The standard InChI is InChI=1S/C22H27FN2O2S/c1-16-5-10-20(28-18-8-6-17(23)7-9-18)19(15-16)24-11-13-25(14-12-24)21(26)27-22(2,3)4/h5-10,15H,11-14H2,1-4H3. The number of hydrogen-bond donors (Lipinski definition) is 0. The molecule has 0 atom stereocenters. The highest BCUT2D eigenvalue weighted by atomic mass is 32.2. The van der Waals surface area contributed by atoms with E-state index in [1.165, 1.54) is 17.7 Å². The Balaban J connectivity index is 1.71. The van der Waals surface area contributed by atoms with Crippen LogP contribution in [-0.4, -0.2) is 42.8 Å². The molecule has 4 nitrogen and oxygen atoms in total. The Bertz CT molecular complexity index is 825. The fraction of sp³-hybridized carbons (Fsp3) is 0.409. The second-order valence-electron chi connectivity index (χ2n) is 7.98. The van der Waals surface area contributed by atoms with Gasteiger partial charge < -0.3 is 14.5 Å². The molecule has 150 valence electrons. The van der Waals surface area contributed by atoms with E-state index in [1.54, 1.807) is 28.8 Å². The van der Waals surface area contributed by atoms with Crippen LogP contribution >= 0.6 is 11.8 Å². The van der Waals surface area contributed by atoms with Crippen LogP contribution in [0.15, 0.2) is 52.3 Å². The quantitative estimate of drug-likeness (QED) is 0.694. The van der Waals surface area contributed by atoms with E-state index < -0.39 is 5.60 Å². The van der Waals surface area contributed by atoms with Gasteiger partial charge in [-0.05, 0) is 69.7 Å². The molecule has 28 heavy (non-hydrogen) atoms. The molecule has 0 bridgehead atoms. The third-order valence-electron chi connectivity index (χ3n) is 4.43. The van der Waals surface area contributed by atoms with Crippen molar-refractivity contribution < 1.29 is 13.9 Å². The van der Waals surface area contributed by atoms with Crippen LogP contribution in [0.2, 0.25) is 0 Å². The van der Waals surface area contributed by atoms with Crippen molar-refractivity contribution in [3.8, 4) is 0 Å². The topological polar surface area (TPSA) is 32.8 Å². The van der Waals surface area contributed by atoms with Crippen molar-refractivity contribution >= 4 is 23.5 Å². The monoisotopic (exact) mass is 402 g/mol. The van der Waals surface area contributed by atoms with Crippen molar-refractivity contribution in [1.82, 2.24) is 4.90 Å². The fourth-order valence-electron chi connectivity index (χ4n) is 3.05. The van der Waals surface area contributed by atoms with E-state index >= 15 is 0 Å². The highest BCUT2D eigenvalue weighted by molar-refractivity contribution is 7.99. The van der Waals surface area contributed by atoms with Gasteiger partial charge in [0, 0.05) is 36.0 Å². The maximum Gasteiger partial charge on any atom is 0.410 e. The zero-order chi connectivity index (χ0) is 20.3. The Labute approximate surface area is 170 Å². The van der Waals surface area contributed by atoms with Gasteiger partial charge in [0.25, 0.3) is 0 Å². The second kappa shape index (κ2) is 8.43. The van der Waals surface area contributed by atoms with Crippen LogP contribution in [-0.2, 0) is 4.74 Å². The van der Waals surface area contributed by atoms with Crippen LogP contribution in [0.25, 0.3) is 0 Å². The molecule has 1 fully saturated rings. The van der Waals surface area contributed by atoms with Crippen LogP contribution in [0, 0.1) is 12.7 Å². The normalized spacial score (nSPS) is 14.9. The smallest absolute Gasteiger partial charge is 0.410 e. The van der Waals surface area contributed by atoms with Gasteiger partial charge in [0.15, 0.2) is 0 Å². The van der Waals surface area contributed by atoms with Crippen LogP contribution in [0.3, 0.4) is 0 Å². The maximum atomic E-state index is 13.2. The van der Waals surface area contributed by atoms with Crippen molar-refractivity contribution in [2.24, 2.45) is 0 Å². The zero-order valence-electron chi connectivity index (χ0n) is 16.9. The van der Waals surface area contributed by atoms with E-state index in [0.29, 0.717) is 13.1 Å². The van der Waals surface area contributed by atoms with Crippen LogP contribution in [0.5, 0.6) is 0 Å². The molecule has 6 heteroatoms. The van der Waals surface area contributed by atoms with Gasteiger partial charge in [-0.25, -0.2) is 9.18 Å². The number of anilines is 1. The Morgan fingerprint density at radius 3 is 2.29 bits per heavy atom. The Morgan fingerprint density at radius 2 is 1.68 bits per heavy atom. The molecule has 0 unspecified atom stereocenters. The summed E-state index contributed by atoms with van der Waals surface area (Å²) < 4.78 is 18.7. The van der Waals surface area contributed by atoms with Crippen LogP contribution < -0.4 is 4.90 Å². The largest absolute Gasteiger partial charge is 0.444 e. The van der Waals surface area contributed by atoms with E-state index in [0.717, 1.165) is 28.6 Å². The van der Waals surface area contributed by atoms with Crippen molar-refractivity contribution in [2.45, 2.75) is 43.1 Å². The molecular weight excluding hydrogens is 375 g/mol. The first-order valence-corrected chi connectivity index (χ1v) is 10.3. The summed E-state index contributed by atoms with van der Waals surface area (Å²) in [6, 6.07) is 12.9. The number of rotatable bonds is 3. The molecule has 1 amide bonds. The Hall–Kier alpha value is -2.21. The average Bonchev–Trinajstić information content (AvgIpc) is 2.64. The molecule has 0 saturated carbocycles. The van der Waals surface area contributed by atoms with E-state index in [4.69, 9.17) is 4.74 Å². The summed E-state index contributed by atoms with van der Waals surface area (Å²) in [7, 11) is 0. The maximum absolute atomic E-state index is 13.2. The minimum absolute atomic E-state index is 0.230. The summed E-state index contributed by atoms with van der Waals surface area (Å²) in [6.45, 7) is 10.5. The van der Waals surface area contributed by atoms with Crippen molar-refractivity contribution in [1.29, 1.82) is 0 Å². The number of aryl methyl sites for hydroxylation is 1. The first-order chi connectivity index (χ1) is 13.2. The lowest BCUT2D eigenvalue weighted by Gasteiger charge is -2.37. The number of halogens is 1. The van der Waals surface area contributed by atoms with Gasteiger partial charge in [-0.3, -0.25) is 0 Å². The molecular formula is C22H27FN2O2S. The number of ether oxygens (including phenoxy) is 1. The number of piperazine rings is 1. The van der Waals surface area contributed by atoms with Gasteiger partial charge in [0.2, 0.25) is 0 Å². The molecule has 1 aliphatic heterocycles. The van der Waals surface area contributed by atoms with E-state index in [2.05, 4.69) is 30.0 Å². The number of amides is 1. The molecule has 3 rings (SSSR count). The average molecular weight is 403 g/mol. The highest BCUT2D eigenvalue weighted by Gasteiger charge is 2.26.